The van der Waals surface area contributed by atoms with E-state index in [0.29, 0.717) is 5.82 Å². The predicted molar refractivity (Wildman–Crippen MR) is 54.8 cm³/mol. The molecule has 0 unspecified atom stereocenters. The third kappa shape index (κ3) is 2.32. The first-order valence-electron chi connectivity index (χ1n) is 4.41. The van der Waals surface area contributed by atoms with Crippen molar-refractivity contribution in [2.75, 3.05) is 5.32 Å². The number of nitrogens with zero attached hydrogens (tertiary/aromatic N) is 2. The van der Waals surface area contributed by atoms with Gasteiger partial charge in [-0.25, -0.2) is 0 Å². The molecule has 0 aliphatic heterocycles. The van der Waals surface area contributed by atoms with Crippen LogP contribution in [-0.2, 0) is 11.8 Å². The van der Waals surface area contributed by atoms with Crippen molar-refractivity contribution in [2.24, 2.45) is 12.8 Å². The van der Waals surface area contributed by atoms with Crippen LogP contribution in [0.25, 0.3) is 0 Å². The summed E-state index contributed by atoms with van der Waals surface area (Å²) < 4.78 is 1.61. The first kappa shape index (κ1) is 10.7. The summed E-state index contributed by atoms with van der Waals surface area (Å²) in [6.07, 6.45) is 0. The molecule has 0 fully saturated rings. The van der Waals surface area contributed by atoms with Crippen molar-refractivity contribution in [1.82, 2.24) is 9.78 Å². The molecule has 1 amide bonds. The summed E-state index contributed by atoms with van der Waals surface area (Å²) in [6, 6.07) is 1.80. The second-order valence-corrected chi connectivity index (χ2v) is 3.97. The number of amides is 1. The number of nitrogens with one attached hydrogen (secondary N) is 1. The van der Waals surface area contributed by atoms with Gasteiger partial charge in [-0.15, -0.1) is 0 Å². The van der Waals surface area contributed by atoms with Gasteiger partial charge in [0.2, 0.25) is 5.91 Å². The maximum Gasteiger partial charge on any atom is 0.245 e. The number of aromatic nitrogens is 2. The molecular formula is C9H16N4O. The third-order valence-corrected chi connectivity index (χ3v) is 1.83. The number of rotatable bonds is 2. The van der Waals surface area contributed by atoms with E-state index in [9.17, 15) is 4.79 Å². The highest BCUT2D eigenvalue weighted by Gasteiger charge is 2.22. The maximum atomic E-state index is 11.5. The molecule has 0 bridgehead atoms. The number of carbonyl (C=O) groups is 1. The van der Waals surface area contributed by atoms with Gasteiger partial charge in [-0.1, -0.05) is 0 Å². The molecule has 0 atom stereocenters. The highest BCUT2D eigenvalue weighted by Crippen LogP contribution is 2.10. The lowest BCUT2D eigenvalue weighted by Gasteiger charge is -2.17. The highest BCUT2D eigenvalue weighted by atomic mass is 16.2. The van der Waals surface area contributed by atoms with Crippen molar-refractivity contribution in [2.45, 2.75) is 26.3 Å². The number of hydrogen-bond acceptors (Lipinski definition) is 3. The second kappa shape index (κ2) is 3.42. The van der Waals surface area contributed by atoms with E-state index in [1.54, 1.807) is 31.6 Å². The van der Waals surface area contributed by atoms with Crippen LogP contribution < -0.4 is 11.1 Å². The van der Waals surface area contributed by atoms with Crippen LogP contribution in [0.2, 0.25) is 0 Å². The van der Waals surface area contributed by atoms with E-state index in [1.807, 2.05) is 6.92 Å². The zero-order chi connectivity index (χ0) is 10.9. The SMILES string of the molecule is Cc1cc(NC(=O)C(C)(C)N)n(C)n1. The molecule has 1 heterocycles. The van der Waals surface area contributed by atoms with Gasteiger partial charge >= 0.3 is 0 Å². The molecule has 0 aliphatic rings. The van der Waals surface area contributed by atoms with Crippen LogP contribution in [0, 0.1) is 6.92 Å². The van der Waals surface area contributed by atoms with Crippen LogP contribution >= 0.6 is 0 Å². The van der Waals surface area contributed by atoms with Crippen molar-refractivity contribution < 1.29 is 4.79 Å². The summed E-state index contributed by atoms with van der Waals surface area (Å²) in [6.45, 7) is 5.18. The Kier molecular flexibility index (Phi) is 2.62. The van der Waals surface area contributed by atoms with E-state index >= 15 is 0 Å². The summed E-state index contributed by atoms with van der Waals surface area (Å²) >= 11 is 0. The fourth-order valence-corrected chi connectivity index (χ4v) is 1.01. The van der Waals surface area contributed by atoms with Crippen molar-refractivity contribution in [3.8, 4) is 0 Å². The highest BCUT2D eigenvalue weighted by molar-refractivity contribution is 5.96. The standard InChI is InChI=1S/C9H16N4O/c1-6-5-7(13(4)12-6)11-8(14)9(2,3)10/h5H,10H2,1-4H3,(H,11,14). The Hall–Kier alpha value is -1.36. The Labute approximate surface area is 83.3 Å². The molecule has 14 heavy (non-hydrogen) atoms. The lowest BCUT2D eigenvalue weighted by molar-refractivity contribution is -0.120. The molecule has 0 radical (unpaired) electrons. The summed E-state index contributed by atoms with van der Waals surface area (Å²) in [7, 11) is 1.77. The Bertz CT molecular complexity index is 348. The number of aryl methyl sites for hydroxylation is 2. The van der Waals surface area contributed by atoms with E-state index in [-0.39, 0.29) is 5.91 Å². The Morgan fingerprint density at radius 3 is 2.57 bits per heavy atom. The van der Waals surface area contributed by atoms with Gasteiger partial charge in [-0.05, 0) is 20.8 Å². The molecule has 5 nitrogen and oxygen atoms in total. The zero-order valence-corrected chi connectivity index (χ0v) is 8.96. The van der Waals surface area contributed by atoms with Crippen molar-refractivity contribution >= 4 is 11.7 Å². The van der Waals surface area contributed by atoms with E-state index in [4.69, 9.17) is 5.73 Å². The summed E-state index contributed by atoms with van der Waals surface area (Å²) in [4.78, 5) is 11.5. The quantitative estimate of drug-likeness (QED) is 0.719. The molecule has 0 saturated carbocycles. The lowest BCUT2D eigenvalue weighted by atomic mass is 10.1. The molecule has 78 valence electrons. The molecule has 5 heteroatoms. The molecule has 1 aromatic heterocycles. The van der Waals surface area contributed by atoms with Crippen molar-refractivity contribution in [3.05, 3.63) is 11.8 Å². The van der Waals surface area contributed by atoms with Crippen LogP contribution in [0.5, 0.6) is 0 Å². The minimum absolute atomic E-state index is 0.222. The van der Waals surface area contributed by atoms with E-state index in [1.165, 1.54) is 0 Å². The minimum atomic E-state index is -0.877. The molecule has 3 N–H and O–H groups in total. The van der Waals surface area contributed by atoms with Gasteiger partial charge in [0.25, 0.3) is 0 Å². The monoisotopic (exact) mass is 196 g/mol. The maximum absolute atomic E-state index is 11.5. The first-order chi connectivity index (χ1) is 6.30. The van der Waals surface area contributed by atoms with E-state index < -0.39 is 5.54 Å². The van der Waals surface area contributed by atoms with Gasteiger partial charge in [-0.2, -0.15) is 5.10 Å². The molecule has 0 aliphatic carbocycles. The average Bonchev–Trinajstić information content (AvgIpc) is 2.28. The molecule has 1 aromatic rings. The fraction of sp³-hybridized carbons (Fsp3) is 0.556. The van der Waals surface area contributed by atoms with Crippen LogP contribution in [0.3, 0.4) is 0 Å². The predicted octanol–water partition coefficient (Wildman–Crippen LogP) is 0.404. The summed E-state index contributed by atoms with van der Waals surface area (Å²) in [5, 5.41) is 6.81. The van der Waals surface area contributed by atoms with Gasteiger partial charge in [-0.3, -0.25) is 9.48 Å². The van der Waals surface area contributed by atoms with Crippen LogP contribution in [0.15, 0.2) is 6.07 Å². The topological polar surface area (TPSA) is 72.9 Å². The summed E-state index contributed by atoms with van der Waals surface area (Å²) in [5.74, 6) is 0.437. The normalized spacial score (nSPS) is 11.5. The molecule has 1 rings (SSSR count). The molecular weight excluding hydrogens is 180 g/mol. The second-order valence-electron chi connectivity index (χ2n) is 3.97. The van der Waals surface area contributed by atoms with Gasteiger partial charge in [0.1, 0.15) is 5.82 Å². The minimum Gasteiger partial charge on any atom is -0.318 e. The van der Waals surface area contributed by atoms with Gasteiger partial charge in [0, 0.05) is 13.1 Å². The van der Waals surface area contributed by atoms with Gasteiger partial charge in [0.15, 0.2) is 0 Å². The fourth-order valence-electron chi connectivity index (χ4n) is 1.01. The molecule has 0 aromatic carbocycles. The van der Waals surface area contributed by atoms with Crippen molar-refractivity contribution in [1.29, 1.82) is 0 Å². The largest absolute Gasteiger partial charge is 0.318 e. The zero-order valence-electron chi connectivity index (χ0n) is 8.96. The molecule has 0 saturated heterocycles. The Morgan fingerprint density at radius 2 is 2.21 bits per heavy atom. The molecule has 0 spiro atoms. The number of anilines is 1. The van der Waals surface area contributed by atoms with E-state index in [0.717, 1.165) is 5.69 Å². The van der Waals surface area contributed by atoms with Gasteiger partial charge < -0.3 is 11.1 Å². The van der Waals surface area contributed by atoms with Gasteiger partial charge in [0.05, 0.1) is 11.2 Å². The Morgan fingerprint density at radius 1 is 1.64 bits per heavy atom. The number of nitrogens with two attached hydrogens (primary N) is 1. The number of carbonyl (C=O) groups excluding carboxylic acids is 1. The van der Waals surface area contributed by atoms with Crippen LogP contribution in [0.1, 0.15) is 19.5 Å². The van der Waals surface area contributed by atoms with Crippen LogP contribution in [0.4, 0.5) is 5.82 Å². The van der Waals surface area contributed by atoms with Crippen molar-refractivity contribution in [3.63, 3.8) is 0 Å². The lowest BCUT2D eigenvalue weighted by Crippen LogP contribution is -2.45. The van der Waals surface area contributed by atoms with Crippen LogP contribution in [-0.4, -0.2) is 21.2 Å². The number of hydrogen-bond donors (Lipinski definition) is 2. The van der Waals surface area contributed by atoms with E-state index in [2.05, 4.69) is 10.4 Å². The smallest absolute Gasteiger partial charge is 0.245 e. The first-order valence-corrected chi connectivity index (χ1v) is 4.41. The third-order valence-electron chi connectivity index (χ3n) is 1.83. The average molecular weight is 196 g/mol. The summed E-state index contributed by atoms with van der Waals surface area (Å²) in [5.41, 5.74) is 5.62. The Balaban J connectivity index is 2.80.